The zero-order valence-electron chi connectivity index (χ0n) is 15.8. The van der Waals surface area contributed by atoms with Crippen LogP contribution in [0.1, 0.15) is 49.1 Å². The summed E-state index contributed by atoms with van der Waals surface area (Å²) in [5.41, 5.74) is 2.62. The third-order valence-corrected chi connectivity index (χ3v) is 5.32. The number of rotatable bonds is 9. The molecule has 0 heterocycles. The van der Waals surface area contributed by atoms with Crippen LogP contribution in [0.25, 0.3) is 0 Å². The smallest absolute Gasteiger partial charge is 0.119 e. The van der Waals surface area contributed by atoms with Crippen LogP contribution in [0.5, 0.6) is 11.5 Å². The second-order valence-electron chi connectivity index (χ2n) is 7.16. The predicted molar refractivity (Wildman–Crippen MR) is 106 cm³/mol. The van der Waals surface area contributed by atoms with E-state index in [1.165, 1.54) is 43.2 Å². The predicted octanol–water partition coefficient (Wildman–Crippen LogP) is 4.14. The second kappa shape index (κ2) is 10.3. The third kappa shape index (κ3) is 5.47. The van der Waals surface area contributed by atoms with Gasteiger partial charge in [-0.15, -0.1) is 0 Å². The van der Waals surface area contributed by atoms with Gasteiger partial charge in [0, 0.05) is 5.92 Å². The zero-order chi connectivity index (χ0) is 18.9. The van der Waals surface area contributed by atoms with Gasteiger partial charge in [0.15, 0.2) is 0 Å². The molecule has 4 nitrogen and oxygen atoms in total. The van der Waals surface area contributed by atoms with Crippen molar-refractivity contribution in [1.29, 1.82) is 0 Å². The molecule has 0 aliphatic heterocycles. The minimum Gasteiger partial charge on any atom is -0.491 e. The van der Waals surface area contributed by atoms with E-state index in [9.17, 15) is 0 Å². The maximum Gasteiger partial charge on any atom is 0.119 e. The van der Waals surface area contributed by atoms with Crippen molar-refractivity contribution >= 4 is 0 Å². The van der Waals surface area contributed by atoms with E-state index < -0.39 is 0 Å². The molecule has 0 atom stereocenters. The minimum atomic E-state index is 0.0250. The lowest BCUT2D eigenvalue weighted by Gasteiger charge is -2.31. The molecular formula is C23H30O4. The van der Waals surface area contributed by atoms with Gasteiger partial charge in [-0.1, -0.05) is 43.5 Å². The molecule has 0 spiro atoms. The molecule has 2 N–H and O–H groups in total. The van der Waals surface area contributed by atoms with E-state index >= 15 is 0 Å². The highest BCUT2D eigenvalue weighted by molar-refractivity contribution is 5.39. The van der Waals surface area contributed by atoms with Gasteiger partial charge in [0.2, 0.25) is 0 Å². The molecule has 27 heavy (non-hydrogen) atoms. The molecule has 0 aromatic heterocycles. The fourth-order valence-corrected chi connectivity index (χ4v) is 4.07. The summed E-state index contributed by atoms with van der Waals surface area (Å²) < 4.78 is 11.0. The lowest BCUT2D eigenvalue weighted by Crippen LogP contribution is -2.17. The van der Waals surface area contributed by atoms with E-state index in [1.807, 2.05) is 24.3 Å². The number of hydrogen-bond donors (Lipinski definition) is 2. The molecule has 0 saturated heterocycles. The van der Waals surface area contributed by atoms with Gasteiger partial charge < -0.3 is 19.7 Å². The number of aliphatic hydroxyl groups is 2. The number of hydrogen-bond acceptors (Lipinski definition) is 4. The van der Waals surface area contributed by atoms with Crippen LogP contribution in [0.3, 0.4) is 0 Å². The minimum absolute atomic E-state index is 0.0250. The van der Waals surface area contributed by atoms with Crippen molar-refractivity contribution in [3.05, 3.63) is 59.7 Å². The van der Waals surface area contributed by atoms with Gasteiger partial charge in [-0.25, -0.2) is 0 Å². The first-order valence-corrected chi connectivity index (χ1v) is 9.99. The summed E-state index contributed by atoms with van der Waals surface area (Å²) in [6.45, 7) is 0.690. The normalized spacial score (nSPS) is 15.1. The Kier molecular flexibility index (Phi) is 7.55. The summed E-state index contributed by atoms with van der Waals surface area (Å²) in [6.07, 6.45) is 6.46. The van der Waals surface area contributed by atoms with Crippen LogP contribution in [0.4, 0.5) is 0 Å². The van der Waals surface area contributed by atoms with E-state index in [2.05, 4.69) is 24.3 Å². The number of aliphatic hydroxyl groups excluding tert-OH is 2. The molecule has 1 aliphatic carbocycles. The van der Waals surface area contributed by atoms with Crippen molar-refractivity contribution in [1.82, 2.24) is 0 Å². The molecule has 146 valence electrons. The van der Waals surface area contributed by atoms with E-state index in [1.54, 1.807) is 0 Å². The van der Waals surface area contributed by atoms with Gasteiger partial charge in [-0.2, -0.15) is 0 Å². The quantitative estimate of drug-likeness (QED) is 0.696. The molecule has 0 radical (unpaired) electrons. The molecule has 1 aliphatic rings. The molecule has 0 unspecified atom stereocenters. The maximum absolute atomic E-state index is 8.92. The van der Waals surface area contributed by atoms with Gasteiger partial charge in [0.05, 0.1) is 13.2 Å². The summed E-state index contributed by atoms with van der Waals surface area (Å²) in [6, 6.07) is 16.6. The molecule has 3 rings (SSSR count). The largest absolute Gasteiger partial charge is 0.491 e. The van der Waals surface area contributed by atoms with Crippen LogP contribution >= 0.6 is 0 Å². The Morgan fingerprint density at radius 3 is 1.56 bits per heavy atom. The highest BCUT2D eigenvalue weighted by Gasteiger charge is 2.26. The first kappa shape index (κ1) is 19.7. The molecule has 4 heteroatoms. The van der Waals surface area contributed by atoms with Gasteiger partial charge in [-0.05, 0) is 54.2 Å². The average molecular weight is 370 g/mol. The maximum atomic E-state index is 8.92. The third-order valence-electron chi connectivity index (χ3n) is 5.32. The fourth-order valence-electron chi connectivity index (χ4n) is 4.07. The lowest BCUT2D eigenvalue weighted by atomic mass is 9.73. The highest BCUT2D eigenvalue weighted by atomic mass is 16.5. The van der Waals surface area contributed by atoms with Crippen LogP contribution in [-0.4, -0.2) is 36.6 Å². The summed E-state index contributed by atoms with van der Waals surface area (Å²) in [5, 5.41) is 17.8. The van der Waals surface area contributed by atoms with Crippen LogP contribution in [-0.2, 0) is 0 Å². The summed E-state index contributed by atoms with van der Waals surface area (Å²) in [7, 11) is 0. The first-order valence-electron chi connectivity index (χ1n) is 9.99. The molecular weight excluding hydrogens is 340 g/mol. The molecule has 1 saturated carbocycles. The van der Waals surface area contributed by atoms with Gasteiger partial charge in [0.25, 0.3) is 0 Å². The topological polar surface area (TPSA) is 58.9 Å². The Morgan fingerprint density at radius 2 is 1.15 bits per heavy atom. The molecule has 2 aromatic carbocycles. The highest BCUT2D eigenvalue weighted by Crippen LogP contribution is 2.41. The first-order chi connectivity index (χ1) is 13.3. The van der Waals surface area contributed by atoms with E-state index in [0.717, 1.165) is 11.5 Å². The number of benzene rings is 2. The van der Waals surface area contributed by atoms with E-state index in [-0.39, 0.29) is 13.2 Å². The van der Waals surface area contributed by atoms with Gasteiger partial charge in [0.1, 0.15) is 24.7 Å². The summed E-state index contributed by atoms with van der Waals surface area (Å²) >= 11 is 0. The molecule has 0 amide bonds. The van der Waals surface area contributed by atoms with E-state index in [4.69, 9.17) is 19.7 Å². The zero-order valence-corrected chi connectivity index (χ0v) is 15.8. The van der Waals surface area contributed by atoms with Crippen LogP contribution in [0.15, 0.2) is 48.5 Å². The summed E-state index contributed by atoms with van der Waals surface area (Å²) in [4.78, 5) is 0. The van der Waals surface area contributed by atoms with Crippen LogP contribution in [0.2, 0.25) is 0 Å². The second-order valence-corrected chi connectivity index (χ2v) is 7.16. The Labute approximate surface area is 161 Å². The summed E-state index contributed by atoms with van der Waals surface area (Å²) in [5.74, 6) is 2.60. The van der Waals surface area contributed by atoms with Crippen molar-refractivity contribution in [3.8, 4) is 11.5 Å². The lowest BCUT2D eigenvalue weighted by molar-refractivity contribution is 0.201. The number of ether oxygens (including phenoxy) is 2. The fraction of sp³-hybridized carbons (Fsp3) is 0.478. The SMILES string of the molecule is OCCOc1ccc(C(c2ccc(OCCO)cc2)C2CCCCC2)cc1. The Bertz CT molecular complexity index is 608. The van der Waals surface area contributed by atoms with Gasteiger partial charge >= 0.3 is 0 Å². The van der Waals surface area contributed by atoms with Crippen molar-refractivity contribution < 1.29 is 19.7 Å². The van der Waals surface area contributed by atoms with Crippen molar-refractivity contribution in [2.45, 2.75) is 38.0 Å². The Balaban J connectivity index is 1.82. The Morgan fingerprint density at radius 1 is 0.704 bits per heavy atom. The van der Waals surface area contributed by atoms with Crippen LogP contribution < -0.4 is 9.47 Å². The molecule has 2 aromatic rings. The van der Waals surface area contributed by atoms with Gasteiger partial charge in [-0.3, -0.25) is 0 Å². The molecule has 1 fully saturated rings. The average Bonchev–Trinajstić information content (AvgIpc) is 2.73. The van der Waals surface area contributed by atoms with Crippen molar-refractivity contribution in [2.75, 3.05) is 26.4 Å². The van der Waals surface area contributed by atoms with Crippen molar-refractivity contribution in [2.24, 2.45) is 5.92 Å². The van der Waals surface area contributed by atoms with Crippen molar-refractivity contribution in [3.63, 3.8) is 0 Å². The Hall–Kier alpha value is -2.04. The van der Waals surface area contributed by atoms with E-state index in [0.29, 0.717) is 25.0 Å². The molecule has 0 bridgehead atoms. The monoisotopic (exact) mass is 370 g/mol. The standard InChI is InChI=1S/C23H30O4/c24-14-16-26-21-10-6-19(7-11-21)23(18-4-2-1-3-5-18)20-8-12-22(13-9-20)27-17-15-25/h6-13,18,23-25H,1-5,14-17H2. The van der Waals surface area contributed by atoms with Crippen LogP contribution in [0, 0.1) is 5.92 Å².